The van der Waals surface area contributed by atoms with E-state index in [-0.39, 0.29) is 18.0 Å². The maximum absolute atomic E-state index is 12.3. The second-order valence-electron chi connectivity index (χ2n) is 5.43. The van der Waals surface area contributed by atoms with E-state index < -0.39 is 0 Å². The van der Waals surface area contributed by atoms with Crippen molar-refractivity contribution in [3.8, 4) is 5.75 Å². The normalized spacial score (nSPS) is 10.8. The summed E-state index contributed by atoms with van der Waals surface area (Å²) in [5.41, 5.74) is 0.667. The van der Waals surface area contributed by atoms with Crippen LogP contribution in [0.25, 0.3) is 5.52 Å². The first kappa shape index (κ1) is 16.6. The number of amides is 1. The second kappa shape index (κ2) is 7.56. The van der Waals surface area contributed by atoms with Crippen LogP contribution in [0.1, 0.15) is 12.1 Å². The Labute approximate surface area is 143 Å². The van der Waals surface area contributed by atoms with Gasteiger partial charge in [-0.3, -0.25) is 19.1 Å². The molecule has 0 aliphatic carbocycles. The molecule has 3 heterocycles. The molecule has 1 N–H and O–H groups in total. The number of imidazole rings is 1. The second-order valence-corrected chi connectivity index (χ2v) is 5.43. The smallest absolute Gasteiger partial charge is 0.280 e. The van der Waals surface area contributed by atoms with Gasteiger partial charge in [0, 0.05) is 12.7 Å². The molecule has 3 aromatic heterocycles. The van der Waals surface area contributed by atoms with E-state index in [9.17, 15) is 9.59 Å². The van der Waals surface area contributed by atoms with Crippen molar-refractivity contribution in [3.05, 3.63) is 53.2 Å². The molecule has 0 unspecified atom stereocenters. The van der Waals surface area contributed by atoms with Gasteiger partial charge in [0.1, 0.15) is 24.9 Å². The van der Waals surface area contributed by atoms with Gasteiger partial charge in [0.05, 0.1) is 18.5 Å². The number of fused-ring (bicyclic) bond motifs is 1. The Morgan fingerprint density at radius 3 is 3.04 bits per heavy atom. The molecule has 3 rings (SSSR count). The third-order valence-electron chi connectivity index (χ3n) is 3.57. The summed E-state index contributed by atoms with van der Waals surface area (Å²) in [6.07, 6.45) is 6.76. The molecule has 3 aromatic rings. The maximum atomic E-state index is 12.3. The average Bonchev–Trinajstić information content (AvgIpc) is 3.00. The molecule has 9 heteroatoms. The fraction of sp³-hybridized carbons (Fsp3) is 0.312. The number of aromatic nitrogens is 5. The predicted molar refractivity (Wildman–Crippen MR) is 89.3 cm³/mol. The van der Waals surface area contributed by atoms with E-state index in [0.717, 1.165) is 0 Å². The number of nitrogens with one attached hydrogen (secondary N) is 1. The first-order valence-electron chi connectivity index (χ1n) is 7.84. The van der Waals surface area contributed by atoms with Crippen LogP contribution in [0.5, 0.6) is 5.75 Å². The number of nitrogens with zero attached hydrogens (tertiary/aromatic N) is 5. The van der Waals surface area contributed by atoms with Crippen LogP contribution >= 0.6 is 0 Å². The molecule has 9 nitrogen and oxygen atoms in total. The average molecular weight is 342 g/mol. The van der Waals surface area contributed by atoms with Crippen LogP contribution in [0.2, 0.25) is 0 Å². The molecule has 130 valence electrons. The minimum Gasteiger partial charge on any atom is -0.492 e. The topological polar surface area (TPSA) is 103 Å². The number of pyridine rings is 1. The summed E-state index contributed by atoms with van der Waals surface area (Å²) >= 11 is 0. The highest BCUT2D eigenvalue weighted by Gasteiger charge is 2.10. The van der Waals surface area contributed by atoms with E-state index in [4.69, 9.17) is 4.74 Å². The molecule has 0 aliphatic rings. The van der Waals surface area contributed by atoms with Gasteiger partial charge in [-0.2, -0.15) is 5.10 Å². The summed E-state index contributed by atoms with van der Waals surface area (Å²) in [4.78, 5) is 32.3. The van der Waals surface area contributed by atoms with E-state index in [1.807, 2.05) is 6.07 Å². The minimum atomic E-state index is -0.292. The lowest BCUT2D eigenvalue weighted by Crippen LogP contribution is -2.34. The van der Waals surface area contributed by atoms with Crippen LogP contribution in [0, 0.1) is 6.92 Å². The molecule has 0 fully saturated rings. The minimum absolute atomic E-state index is 0.0869. The summed E-state index contributed by atoms with van der Waals surface area (Å²) in [6.45, 7) is 2.56. The highest BCUT2D eigenvalue weighted by molar-refractivity contribution is 5.75. The first-order chi connectivity index (χ1) is 12.1. The lowest BCUT2D eigenvalue weighted by molar-refractivity contribution is -0.121. The zero-order chi connectivity index (χ0) is 17.6. The third-order valence-corrected chi connectivity index (χ3v) is 3.57. The highest BCUT2D eigenvalue weighted by Crippen LogP contribution is 2.05. The van der Waals surface area contributed by atoms with Crippen LogP contribution < -0.4 is 15.6 Å². The summed E-state index contributed by atoms with van der Waals surface area (Å²) in [6, 6.07) is 3.61. The van der Waals surface area contributed by atoms with Crippen LogP contribution in [-0.4, -0.2) is 43.2 Å². The van der Waals surface area contributed by atoms with E-state index in [1.165, 1.54) is 21.7 Å². The lowest BCUT2D eigenvalue weighted by Gasteiger charge is -2.08. The number of ether oxygens (including phenoxy) is 1. The van der Waals surface area contributed by atoms with Crippen LogP contribution in [-0.2, 0) is 11.3 Å². The highest BCUT2D eigenvalue weighted by atomic mass is 16.5. The monoisotopic (exact) mass is 342 g/mol. The standard InChI is InChI=1S/C16H18N6O3/c1-12-15-16(24)21(11-20-22(15)10-19-12)9-14(23)18-6-3-7-25-13-4-2-5-17-8-13/h2,4-5,8,10-11H,3,6-7,9H2,1H3,(H,18,23). The van der Waals surface area contributed by atoms with E-state index in [1.54, 1.807) is 25.4 Å². The maximum Gasteiger partial charge on any atom is 0.280 e. The Morgan fingerprint density at radius 1 is 1.36 bits per heavy atom. The van der Waals surface area contributed by atoms with Gasteiger partial charge < -0.3 is 10.1 Å². The molecule has 0 aromatic carbocycles. The van der Waals surface area contributed by atoms with Crippen molar-refractivity contribution >= 4 is 11.4 Å². The van der Waals surface area contributed by atoms with Crippen LogP contribution in [0.3, 0.4) is 0 Å². The molecule has 0 radical (unpaired) electrons. The van der Waals surface area contributed by atoms with Crippen molar-refractivity contribution in [2.45, 2.75) is 19.9 Å². The molecular weight excluding hydrogens is 324 g/mol. The van der Waals surface area contributed by atoms with Crippen molar-refractivity contribution in [2.75, 3.05) is 13.2 Å². The first-order valence-corrected chi connectivity index (χ1v) is 7.84. The van der Waals surface area contributed by atoms with Crippen molar-refractivity contribution in [1.82, 2.24) is 29.5 Å². The van der Waals surface area contributed by atoms with Gasteiger partial charge >= 0.3 is 0 Å². The Bertz CT molecular complexity index is 919. The summed E-state index contributed by atoms with van der Waals surface area (Å²) in [7, 11) is 0. The van der Waals surface area contributed by atoms with Gasteiger partial charge in [-0.1, -0.05) is 0 Å². The van der Waals surface area contributed by atoms with Crippen molar-refractivity contribution in [1.29, 1.82) is 0 Å². The number of carbonyl (C=O) groups is 1. The largest absolute Gasteiger partial charge is 0.492 e. The van der Waals surface area contributed by atoms with Gasteiger partial charge in [0.15, 0.2) is 5.52 Å². The molecular formula is C16H18N6O3. The zero-order valence-corrected chi connectivity index (χ0v) is 13.8. The van der Waals surface area contributed by atoms with Crippen molar-refractivity contribution in [2.24, 2.45) is 0 Å². The predicted octanol–water partition coefficient (Wildman–Crippen LogP) is 0.180. The molecule has 0 bridgehead atoms. The molecule has 0 saturated heterocycles. The van der Waals surface area contributed by atoms with Crippen molar-refractivity contribution in [3.63, 3.8) is 0 Å². The third kappa shape index (κ3) is 4.00. The molecule has 0 aliphatic heterocycles. The molecule has 1 amide bonds. The van der Waals surface area contributed by atoms with E-state index in [0.29, 0.717) is 36.5 Å². The van der Waals surface area contributed by atoms with Crippen molar-refractivity contribution < 1.29 is 9.53 Å². The quantitative estimate of drug-likeness (QED) is 0.614. The molecule has 0 atom stereocenters. The molecule has 25 heavy (non-hydrogen) atoms. The fourth-order valence-electron chi connectivity index (χ4n) is 2.32. The molecule has 0 saturated carbocycles. The number of hydrogen-bond acceptors (Lipinski definition) is 6. The van der Waals surface area contributed by atoms with Crippen LogP contribution in [0.15, 0.2) is 42.0 Å². The Morgan fingerprint density at radius 2 is 2.24 bits per heavy atom. The lowest BCUT2D eigenvalue weighted by atomic mass is 10.4. The van der Waals surface area contributed by atoms with Gasteiger partial charge in [-0.05, 0) is 25.5 Å². The van der Waals surface area contributed by atoms with Gasteiger partial charge in [-0.15, -0.1) is 0 Å². The van der Waals surface area contributed by atoms with E-state index in [2.05, 4.69) is 20.4 Å². The molecule has 0 spiro atoms. The van der Waals surface area contributed by atoms with E-state index >= 15 is 0 Å². The zero-order valence-electron chi connectivity index (χ0n) is 13.8. The Kier molecular flexibility index (Phi) is 5.03. The summed E-state index contributed by atoms with van der Waals surface area (Å²) in [5.74, 6) is 0.433. The SMILES string of the molecule is Cc1ncn2ncn(CC(=O)NCCCOc3cccnc3)c(=O)c12. The summed E-state index contributed by atoms with van der Waals surface area (Å²) < 4.78 is 8.16. The Balaban J connectivity index is 1.47. The summed E-state index contributed by atoms with van der Waals surface area (Å²) in [5, 5.41) is 6.83. The van der Waals surface area contributed by atoms with Gasteiger partial charge in [0.25, 0.3) is 5.56 Å². The Hall–Kier alpha value is -3.23. The van der Waals surface area contributed by atoms with Crippen LogP contribution in [0.4, 0.5) is 0 Å². The van der Waals surface area contributed by atoms with Gasteiger partial charge in [-0.25, -0.2) is 9.50 Å². The van der Waals surface area contributed by atoms with Gasteiger partial charge in [0.2, 0.25) is 5.91 Å². The number of rotatable bonds is 7. The fourth-order valence-corrected chi connectivity index (χ4v) is 2.32. The number of aryl methyl sites for hydroxylation is 1. The number of hydrogen-bond donors (Lipinski definition) is 1. The number of carbonyl (C=O) groups excluding carboxylic acids is 1.